The Morgan fingerprint density at radius 3 is 2.56 bits per heavy atom. The second-order valence-corrected chi connectivity index (χ2v) is 11.6. The van der Waals surface area contributed by atoms with E-state index in [9.17, 15) is 9.59 Å². The van der Waals surface area contributed by atoms with E-state index in [0.29, 0.717) is 67.7 Å². The number of hydrogen-bond acceptors (Lipinski definition) is 9. The molecule has 1 amide bonds. The average molecular weight is 648 g/mol. The molecule has 11 heteroatoms. The third-order valence-electron chi connectivity index (χ3n) is 7.99. The number of methoxy groups -OCH3 is 1. The molecule has 1 aromatic heterocycles. The number of ether oxygens (including phenoxy) is 2. The number of anilines is 2. The van der Waals surface area contributed by atoms with Crippen molar-refractivity contribution in [2.24, 2.45) is 11.5 Å². The first kappa shape index (κ1) is 35.2. The van der Waals surface area contributed by atoms with Crippen LogP contribution in [0.3, 0.4) is 0 Å². The number of aldehydes is 1. The van der Waals surface area contributed by atoms with Gasteiger partial charge in [-0.3, -0.25) is 14.3 Å². The van der Waals surface area contributed by atoms with Crippen molar-refractivity contribution in [2.45, 2.75) is 50.9 Å². The molecule has 1 aliphatic rings. The second-order valence-electron chi connectivity index (χ2n) is 11.6. The minimum atomic E-state index is -0.840. The highest BCUT2D eigenvalue weighted by Crippen LogP contribution is 2.27. The third-order valence-corrected chi connectivity index (χ3v) is 7.99. The van der Waals surface area contributed by atoms with Gasteiger partial charge >= 0.3 is 0 Å². The highest BCUT2D eigenvalue weighted by molar-refractivity contribution is 6.10. The number of nitriles is 1. The van der Waals surface area contributed by atoms with Crippen LogP contribution in [0.5, 0.6) is 11.5 Å². The van der Waals surface area contributed by atoms with Crippen LogP contribution in [0.1, 0.15) is 63.7 Å². The summed E-state index contributed by atoms with van der Waals surface area (Å²) in [5.74, 6) is 3.71. The van der Waals surface area contributed by atoms with Gasteiger partial charge in [-0.15, -0.1) is 12.3 Å². The van der Waals surface area contributed by atoms with E-state index in [1.165, 1.54) is 6.20 Å². The lowest BCUT2D eigenvalue weighted by Gasteiger charge is -2.34. The summed E-state index contributed by atoms with van der Waals surface area (Å²) in [5, 5.41) is 15.8. The Hall–Kier alpha value is -5.62. The lowest BCUT2D eigenvalue weighted by Crippen LogP contribution is -2.50. The standard InChI is InChI=1S/C28H31N5O3.C9H10N2O/c1-3-4-12-28(29,30)13-14-36-25-7-5-6-22(16-25)15-21-8-10-24(11-9-21)33-20(2)18-32-26(27(33)35)23(19-34)17-31-32;1-11-8-3-4-9(12-2)7(5-8)6-10/h1,5-11,16-17,19-20H,4,12-15,18,29-30H2,2H3;3-5,11H,1-2H3/t20-;/m0./s1. The van der Waals surface area contributed by atoms with E-state index in [-0.39, 0.29) is 11.9 Å². The van der Waals surface area contributed by atoms with Gasteiger partial charge in [-0.25, -0.2) is 0 Å². The molecule has 248 valence electrons. The van der Waals surface area contributed by atoms with Crippen molar-refractivity contribution < 1.29 is 19.1 Å². The fourth-order valence-corrected chi connectivity index (χ4v) is 5.37. The van der Waals surface area contributed by atoms with Gasteiger partial charge in [0.2, 0.25) is 0 Å². The van der Waals surface area contributed by atoms with Crippen molar-refractivity contribution >= 4 is 23.6 Å². The molecule has 0 spiro atoms. The maximum absolute atomic E-state index is 13.1. The molecule has 0 unspecified atom stereocenters. The van der Waals surface area contributed by atoms with Crippen molar-refractivity contribution in [3.8, 4) is 29.9 Å². The molecule has 0 saturated carbocycles. The molecule has 11 nitrogen and oxygen atoms in total. The number of hydrogen-bond donors (Lipinski definition) is 3. The van der Waals surface area contributed by atoms with E-state index >= 15 is 0 Å². The van der Waals surface area contributed by atoms with Crippen LogP contribution in [-0.2, 0) is 13.0 Å². The van der Waals surface area contributed by atoms with E-state index < -0.39 is 5.66 Å². The number of rotatable bonds is 12. The number of benzene rings is 3. The molecular weight excluding hydrogens is 606 g/mol. The molecule has 4 aromatic rings. The lowest BCUT2D eigenvalue weighted by molar-refractivity contribution is 0.0941. The fraction of sp³-hybridized carbons (Fsp3) is 0.297. The Morgan fingerprint density at radius 2 is 1.90 bits per heavy atom. The quantitative estimate of drug-likeness (QED) is 0.112. The number of aromatic nitrogens is 2. The monoisotopic (exact) mass is 647 g/mol. The number of terminal acetylenes is 1. The van der Waals surface area contributed by atoms with Gasteiger partial charge in [0, 0.05) is 31.3 Å². The number of amides is 1. The van der Waals surface area contributed by atoms with Crippen LogP contribution in [0.15, 0.2) is 72.9 Å². The molecule has 0 saturated heterocycles. The summed E-state index contributed by atoms with van der Waals surface area (Å²) in [6, 6.07) is 23.2. The van der Waals surface area contributed by atoms with E-state index in [4.69, 9.17) is 32.6 Å². The van der Waals surface area contributed by atoms with Gasteiger partial charge in [-0.05, 0) is 73.4 Å². The number of carbonyl (C=O) groups is 2. The van der Waals surface area contributed by atoms with E-state index in [2.05, 4.69) is 22.4 Å². The molecule has 0 bridgehead atoms. The first-order valence-corrected chi connectivity index (χ1v) is 15.5. The van der Waals surface area contributed by atoms with Crippen LogP contribution >= 0.6 is 0 Å². The molecule has 5 N–H and O–H groups in total. The number of fused-ring (bicyclic) bond motifs is 1. The smallest absolute Gasteiger partial charge is 0.277 e. The number of nitrogens with zero attached hydrogens (tertiary/aromatic N) is 4. The van der Waals surface area contributed by atoms with Crippen LogP contribution in [-0.4, -0.2) is 54.4 Å². The molecule has 1 atom stereocenters. The molecular formula is C37H41N7O4. The zero-order valence-corrected chi connectivity index (χ0v) is 27.5. The predicted octanol–water partition coefficient (Wildman–Crippen LogP) is 4.74. The summed E-state index contributed by atoms with van der Waals surface area (Å²) in [5.41, 5.74) is 16.4. The average Bonchev–Trinajstić information content (AvgIpc) is 3.51. The Labute approximate surface area is 281 Å². The lowest BCUT2D eigenvalue weighted by atomic mass is 10.0. The summed E-state index contributed by atoms with van der Waals surface area (Å²) < 4.78 is 12.5. The highest BCUT2D eigenvalue weighted by Gasteiger charge is 2.34. The molecule has 2 heterocycles. The highest BCUT2D eigenvalue weighted by atomic mass is 16.5. The SMILES string of the molecule is C#CCCC(N)(N)CCOc1cccc(Cc2ccc(N3C(=O)c4c(C=O)cnn4C[C@@H]3C)cc2)c1.CNc1ccc(OC)c(C#N)c1. The Morgan fingerprint density at radius 1 is 1.12 bits per heavy atom. The van der Waals surface area contributed by atoms with Gasteiger partial charge in [0.15, 0.2) is 6.29 Å². The van der Waals surface area contributed by atoms with Crippen LogP contribution < -0.4 is 31.2 Å². The Balaban J connectivity index is 0.000000365. The maximum atomic E-state index is 13.1. The van der Waals surface area contributed by atoms with Crippen molar-refractivity contribution in [3.05, 3.63) is 101 Å². The van der Waals surface area contributed by atoms with Gasteiger partial charge in [0.25, 0.3) is 5.91 Å². The Kier molecular flexibility index (Phi) is 12.0. The molecule has 1 aliphatic heterocycles. The molecule has 0 aliphatic carbocycles. The molecule has 3 aromatic carbocycles. The van der Waals surface area contributed by atoms with Gasteiger partial charge in [0.1, 0.15) is 23.3 Å². The molecule has 48 heavy (non-hydrogen) atoms. The van der Waals surface area contributed by atoms with Gasteiger partial charge in [-0.2, -0.15) is 10.4 Å². The first-order chi connectivity index (χ1) is 23.1. The summed E-state index contributed by atoms with van der Waals surface area (Å²) in [7, 11) is 3.36. The van der Waals surface area contributed by atoms with E-state index in [0.717, 1.165) is 28.3 Å². The van der Waals surface area contributed by atoms with Crippen LogP contribution in [0, 0.1) is 23.7 Å². The second kappa shape index (κ2) is 16.3. The third kappa shape index (κ3) is 8.80. The van der Waals surface area contributed by atoms with Crippen LogP contribution in [0.4, 0.5) is 11.4 Å². The van der Waals surface area contributed by atoms with Crippen LogP contribution in [0.2, 0.25) is 0 Å². The van der Waals surface area contributed by atoms with Crippen molar-refractivity contribution in [2.75, 3.05) is 31.0 Å². The van der Waals surface area contributed by atoms with Crippen molar-refractivity contribution in [1.29, 1.82) is 5.26 Å². The summed E-state index contributed by atoms with van der Waals surface area (Å²) in [6.07, 6.45) is 9.71. The minimum Gasteiger partial charge on any atom is -0.495 e. The van der Waals surface area contributed by atoms with E-state index in [1.807, 2.05) is 68.6 Å². The predicted molar refractivity (Wildman–Crippen MR) is 186 cm³/mol. The number of nitrogens with two attached hydrogens (primary N) is 2. The minimum absolute atomic E-state index is 0.0866. The maximum Gasteiger partial charge on any atom is 0.277 e. The first-order valence-electron chi connectivity index (χ1n) is 15.5. The normalized spacial score (nSPS) is 13.7. The largest absolute Gasteiger partial charge is 0.495 e. The summed E-state index contributed by atoms with van der Waals surface area (Å²) in [4.78, 5) is 26.2. The zero-order valence-electron chi connectivity index (χ0n) is 27.5. The molecule has 5 rings (SSSR count). The number of nitrogens with one attached hydrogen (secondary N) is 1. The Bertz CT molecular complexity index is 1800. The zero-order chi connectivity index (χ0) is 34.7. The summed E-state index contributed by atoms with van der Waals surface area (Å²) in [6.45, 7) is 2.91. The summed E-state index contributed by atoms with van der Waals surface area (Å²) >= 11 is 0. The van der Waals surface area contributed by atoms with Crippen molar-refractivity contribution in [3.63, 3.8) is 0 Å². The van der Waals surface area contributed by atoms with Gasteiger partial charge in [-0.1, -0.05) is 24.3 Å². The van der Waals surface area contributed by atoms with E-state index in [1.54, 1.807) is 28.8 Å². The topological polar surface area (TPSA) is 162 Å². The fourth-order valence-electron chi connectivity index (χ4n) is 5.37. The van der Waals surface area contributed by atoms with Crippen molar-refractivity contribution in [1.82, 2.24) is 9.78 Å². The van der Waals surface area contributed by atoms with Gasteiger partial charge < -0.3 is 31.2 Å². The molecule has 0 radical (unpaired) electrons. The van der Waals surface area contributed by atoms with Gasteiger partial charge in [0.05, 0.1) is 49.3 Å². The molecule has 0 fully saturated rings. The van der Waals surface area contributed by atoms with Crippen LogP contribution in [0.25, 0.3) is 0 Å². The number of carbonyl (C=O) groups excluding carboxylic acids is 2.